The van der Waals surface area contributed by atoms with Crippen LogP contribution in [0.4, 0.5) is 5.69 Å². The molecule has 0 saturated heterocycles. The van der Waals surface area contributed by atoms with Gasteiger partial charge in [-0.2, -0.15) is 4.68 Å². The van der Waals surface area contributed by atoms with Gasteiger partial charge in [-0.1, -0.05) is 36.0 Å². The molecule has 4 rings (SSSR count). The summed E-state index contributed by atoms with van der Waals surface area (Å²) in [4.78, 5) is 47.2. The van der Waals surface area contributed by atoms with Crippen LogP contribution >= 0.6 is 11.8 Å². The first-order valence-electron chi connectivity index (χ1n) is 11.5. The van der Waals surface area contributed by atoms with Gasteiger partial charge in [0.15, 0.2) is 11.6 Å². The smallest absolute Gasteiger partial charge is 0.343 e. The molecule has 0 unspecified atom stereocenters. The molecular formula is C26H21N5O7S. The van der Waals surface area contributed by atoms with Crippen molar-refractivity contribution in [3.05, 3.63) is 94.0 Å². The van der Waals surface area contributed by atoms with Crippen LogP contribution in [0.25, 0.3) is 5.69 Å². The maximum Gasteiger partial charge on any atom is 0.343 e. The summed E-state index contributed by atoms with van der Waals surface area (Å²) in [5.74, 6) is -0.890. The molecule has 1 aromatic heterocycles. The number of nitro groups is 1. The van der Waals surface area contributed by atoms with Gasteiger partial charge in [-0.25, -0.2) is 4.79 Å². The van der Waals surface area contributed by atoms with Crippen LogP contribution in [-0.2, 0) is 15.3 Å². The van der Waals surface area contributed by atoms with Crippen molar-refractivity contribution in [2.24, 2.45) is 0 Å². The molecule has 13 heteroatoms. The van der Waals surface area contributed by atoms with E-state index >= 15 is 0 Å². The number of esters is 1. The average Bonchev–Trinajstić information content (AvgIpc) is 3.39. The van der Waals surface area contributed by atoms with Gasteiger partial charge < -0.3 is 9.47 Å². The van der Waals surface area contributed by atoms with Crippen molar-refractivity contribution in [3.63, 3.8) is 0 Å². The van der Waals surface area contributed by atoms with Crippen molar-refractivity contribution in [1.29, 1.82) is 0 Å². The standard InChI is InChI=1S/C26H21N5O7S/c1-16(32)24(17(2)33)38-23-12-11-21(31(35)36)14-19(23)15-39-26-27-28-29-30(26)20-8-6-7-18(13-20)25(34)37-22-9-4-3-5-10-22/h3-14,24H,15H2,1-2H3. The molecule has 39 heavy (non-hydrogen) atoms. The lowest BCUT2D eigenvalue weighted by molar-refractivity contribution is -0.384. The number of nitro benzene ring substituents is 1. The first-order valence-corrected chi connectivity index (χ1v) is 12.4. The second-order valence-electron chi connectivity index (χ2n) is 8.18. The molecule has 3 aromatic carbocycles. The normalized spacial score (nSPS) is 10.7. The van der Waals surface area contributed by atoms with Crippen molar-refractivity contribution >= 4 is 35.0 Å². The molecular weight excluding hydrogens is 526 g/mol. The number of ketones is 2. The molecule has 0 N–H and O–H groups in total. The highest BCUT2D eigenvalue weighted by molar-refractivity contribution is 7.98. The first kappa shape index (κ1) is 27.1. The van der Waals surface area contributed by atoms with Crippen LogP contribution in [0.5, 0.6) is 11.5 Å². The summed E-state index contributed by atoms with van der Waals surface area (Å²) >= 11 is 1.14. The SMILES string of the molecule is CC(=O)C(Oc1ccc([N+](=O)[O-])cc1CSc1nnnn1-c1cccc(C(=O)Oc2ccccc2)c1)C(C)=O. The van der Waals surface area contributed by atoms with Crippen LogP contribution in [-0.4, -0.2) is 48.8 Å². The Bertz CT molecular complexity index is 1530. The van der Waals surface area contributed by atoms with Crippen LogP contribution in [0.3, 0.4) is 0 Å². The number of carbonyl (C=O) groups excluding carboxylic acids is 3. The summed E-state index contributed by atoms with van der Waals surface area (Å²) in [5, 5.41) is 23.4. The molecule has 0 aliphatic rings. The van der Waals surface area contributed by atoms with Gasteiger partial charge in [0.05, 0.1) is 16.2 Å². The van der Waals surface area contributed by atoms with E-state index in [2.05, 4.69) is 15.5 Å². The Balaban J connectivity index is 1.57. The number of rotatable bonds is 11. The van der Waals surface area contributed by atoms with Crippen molar-refractivity contribution in [3.8, 4) is 17.2 Å². The molecule has 12 nitrogen and oxygen atoms in total. The third-order valence-electron chi connectivity index (χ3n) is 5.32. The molecule has 0 atom stereocenters. The van der Waals surface area contributed by atoms with Gasteiger partial charge in [0.25, 0.3) is 5.69 Å². The number of benzene rings is 3. The molecule has 0 spiro atoms. The summed E-state index contributed by atoms with van der Waals surface area (Å²) in [6, 6.07) is 19.0. The molecule has 0 aliphatic heterocycles. The molecule has 0 fully saturated rings. The van der Waals surface area contributed by atoms with Crippen LogP contribution in [0, 0.1) is 10.1 Å². The number of aromatic nitrogens is 4. The zero-order chi connectivity index (χ0) is 27.9. The number of Topliss-reactive ketones (excluding diaryl/α,β-unsaturated/α-hetero) is 2. The van der Waals surface area contributed by atoms with Crippen molar-refractivity contribution in [2.75, 3.05) is 0 Å². The van der Waals surface area contributed by atoms with Gasteiger partial charge >= 0.3 is 5.97 Å². The Morgan fingerprint density at radius 3 is 2.44 bits per heavy atom. The second kappa shape index (κ2) is 12.1. The minimum absolute atomic E-state index is 0.107. The number of hydrogen-bond acceptors (Lipinski definition) is 11. The summed E-state index contributed by atoms with van der Waals surface area (Å²) in [7, 11) is 0. The predicted octanol–water partition coefficient (Wildman–Crippen LogP) is 4.01. The Kier molecular flexibility index (Phi) is 8.41. The van der Waals surface area contributed by atoms with Gasteiger partial charge in [-0.05, 0) is 60.7 Å². The largest absolute Gasteiger partial charge is 0.474 e. The molecule has 4 aromatic rings. The molecule has 1 heterocycles. The first-order chi connectivity index (χ1) is 18.7. The van der Waals surface area contributed by atoms with Crippen molar-refractivity contribution < 1.29 is 28.8 Å². The van der Waals surface area contributed by atoms with Gasteiger partial charge in [-0.3, -0.25) is 19.7 Å². The Labute approximate surface area is 226 Å². The fraction of sp³-hybridized carbons (Fsp3) is 0.154. The highest BCUT2D eigenvalue weighted by Crippen LogP contribution is 2.31. The summed E-state index contributed by atoms with van der Waals surface area (Å²) < 4.78 is 12.4. The number of nitrogens with zero attached hydrogens (tertiary/aromatic N) is 5. The monoisotopic (exact) mass is 547 g/mol. The number of non-ortho nitro benzene ring substituents is 1. The third kappa shape index (κ3) is 6.70. The molecule has 0 bridgehead atoms. The van der Waals surface area contributed by atoms with E-state index in [4.69, 9.17) is 9.47 Å². The number of para-hydroxylation sites is 1. The lowest BCUT2D eigenvalue weighted by Gasteiger charge is -2.16. The fourth-order valence-electron chi connectivity index (χ4n) is 3.48. The van der Waals surface area contributed by atoms with Gasteiger partial charge in [0, 0.05) is 23.4 Å². The number of tetrazole rings is 1. The van der Waals surface area contributed by atoms with Gasteiger partial charge in [0.1, 0.15) is 11.5 Å². The van der Waals surface area contributed by atoms with E-state index in [-0.39, 0.29) is 22.8 Å². The minimum atomic E-state index is -1.33. The number of hydrogen-bond donors (Lipinski definition) is 0. The Morgan fingerprint density at radius 1 is 1.00 bits per heavy atom. The molecule has 0 amide bonds. The maximum atomic E-state index is 12.6. The molecule has 0 radical (unpaired) electrons. The van der Waals surface area contributed by atoms with Crippen molar-refractivity contribution in [2.45, 2.75) is 30.9 Å². The topological polar surface area (TPSA) is 156 Å². The number of ether oxygens (including phenoxy) is 2. The third-order valence-corrected chi connectivity index (χ3v) is 6.28. The summed E-state index contributed by atoms with van der Waals surface area (Å²) in [6.45, 7) is 2.45. The van der Waals surface area contributed by atoms with E-state index in [0.717, 1.165) is 11.8 Å². The quantitative estimate of drug-likeness (QED) is 0.0667. The van der Waals surface area contributed by atoms with Crippen LogP contribution in [0.15, 0.2) is 78.0 Å². The summed E-state index contributed by atoms with van der Waals surface area (Å²) in [5.41, 5.74) is 0.922. The van der Waals surface area contributed by atoms with Crippen molar-refractivity contribution in [1.82, 2.24) is 20.2 Å². The van der Waals surface area contributed by atoms with E-state index in [9.17, 15) is 24.5 Å². The minimum Gasteiger partial charge on any atom is -0.474 e. The van der Waals surface area contributed by atoms with E-state index in [0.29, 0.717) is 22.2 Å². The molecule has 0 saturated carbocycles. The fourth-order valence-corrected chi connectivity index (χ4v) is 4.35. The highest BCUT2D eigenvalue weighted by Gasteiger charge is 2.24. The van der Waals surface area contributed by atoms with E-state index in [1.54, 1.807) is 48.5 Å². The number of thioether (sulfide) groups is 1. The molecule has 198 valence electrons. The molecule has 0 aliphatic carbocycles. The van der Waals surface area contributed by atoms with E-state index < -0.39 is 28.6 Å². The van der Waals surface area contributed by atoms with Gasteiger partial charge in [-0.15, -0.1) is 5.10 Å². The van der Waals surface area contributed by atoms with Crippen LogP contribution < -0.4 is 9.47 Å². The lowest BCUT2D eigenvalue weighted by Crippen LogP contribution is -2.32. The highest BCUT2D eigenvalue weighted by atomic mass is 32.2. The van der Waals surface area contributed by atoms with E-state index in [1.807, 2.05) is 6.07 Å². The predicted molar refractivity (Wildman–Crippen MR) is 139 cm³/mol. The number of carbonyl (C=O) groups is 3. The zero-order valence-corrected chi connectivity index (χ0v) is 21.5. The Morgan fingerprint density at radius 2 is 1.74 bits per heavy atom. The second-order valence-corrected chi connectivity index (χ2v) is 9.13. The lowest BCUT2D eigenvalue weighted by atomic mass is 10.1. The average molecular weight is 548 g/mol. The van der Waals surface area contributed by atoms with E-state index in [1.165, 1.54) is 36.7 Å². The van der Waals surface area contributed by atoms with Crippen LogP contribution in [0.2, 0.25) is 0 Å². The van der Waals surface area contributed by atoms with Crippen LogP contribution in [0.1, 0.15) is 29.8 Å². The Hall–Kier alpha value is -4.91. The maximum absolute atomic E-state index is 12.6. The summed E-state index contributed by atoms with van der Waals surface area (Å²) in [6.07, 6.45) is -1.33. The zero-order valence-electron chi connectivity index (χ0n) is 20.7. The van der Waals surface area contributed by atoms with Gasteiger partial charge in [0.2, 0.25) is 11.3 Å².